The van der Waals surface area contributed by atoms with Gasteiger partial charge in [-0.25, -0.2) is 0 Å². The molecule has 0 saturated carbocycles. The van der Waals surface area contributed by atoms with E-state index in [0.29, 0.717) is 38.3 Å². The van der Waals surface area contributed by atoms with E-state index in [9.17, 15) is 9.59 Å². The zero-order valence-electron chi connectivity index (χ0n) is 12.8. The highest BCUT2D eigenvalue weighted by Gasteiger charge is 2.21. The molecule has 1 aliphatic heterocycles. The van der Waals surface area contributed by atoms with Crippen LogP contribution in [0.2, 0.25) is 0 Å². The second kappa shape index (κ2) is 8.29. The number of ether oxygens (including phenoxy) is 1. The lowest BCUT2D eigenvalue weighted by Crippen LogP contribution is -2.37. The van der Waals surface area contributed by atoms with Crippen LogP contribution in [-0.2, 0) is 9.53 Å². The van der Waals surface area contributed by atoms with Crippen molar-refractivity contribution in [3.05, 3.63) is 34.3 Å². The summed E-state index contributed by atoms with van der Waals surface area (Å²) in [5, 5.41) is 0. The van der Waals surface area contributed by atoms with Gasteiger partial charge in [0.05, 0.1) is 13.2 Å². The lowest BCUT2D eigenvalue weighted by molar-refractivity contribution is -0.144. The zero-order chi connectivity index (χ0) is 15.9. The highest BCUT2D eigenvalue weighted by Crippen LogP contribution is 2.15. The van der Waals surface area contributed by atoms with Gasteiger partial charge in [0.1, 0.15) is 0 Å². The molecule has 1 saturated heterocycles. The Bertz CT molecular complexity index is 536. The normalized spacial score (nSPS) is 16.2. The fourth-order valence-corrected chi connectivity index (χ4v) is 2.92. The van der Waals surface area contributed by atoms with Gasteiger partial charge in [-0.15, -0.1) is 0 Å². The van der Waals surface area contributed by atoms with Crippen LogP contribution in [0.4, 0.5) is 0 Å². The van der Waals surface area contributed by atoms with Gasteiger partial charge in [-0.05, 0) is 31.5 Å². The van der Waals surface area contributed by atoms with Crippen LogP contribution < -0.4 is 0 Å². The molecule has 0 radical (unpaired) electrons. The first-order valence-electron chi connectivity index (χ1n) is 7.53. The topological polar surface area (TPSA) is 49.9 Å². The van der Waals surface area contributed by atoms with Crippen molar-refractivity contribution >= 4 is 27.8 Å². The Balaban J connectivity index is 1.92. The zero-order valence-corrected chi connectivity index (χ0v) is 14.3. The number of hydrogen-bond donors (Lipinski definition) is 0. The summed E-state index contributed by atoms with van der Waals surface area (Å²) in [4.78, 5) is 28.0. The second-order valence-electron chi connectivity index (χ2n) is 5.24. The summed E-state index contributed by atoms with van der Waals surface area (Å²) in [6, 6.07) is 7.43. The Hall–Kier alpha value is -1.40. The number of halogens is 1. The number of carbonyl (C=O) groups is 2. The minimum absolute atomic E-state index is 0.0410. The molecule has 1 aliphatic rings. The maximum atomic E-state index is 12.5. The molecule has 0 aliphatic carbocycles. The third-order valence-electron chi connectivity index (χ3n) is 3.61. The molecule has 0 aromatic heterocycles. The van der Waals surface area contributed by atoms with Gasteiger partial charge in [0.2, 0.25) is 0 Å². The molecule has 1 aromatic rings. The van der Waals surface area contributed by atoms with E-state index >= 15 is 0 Å². The summed E-state index contributed by atoms with van der Waals surface area (Å²) in [5.41, 5.74) is 0.688. The van der Waals surface area contributed by atoms with Crippen molar-refractivity contribution in [2.24, 2.45) is 0 Å². The van der Waals surface area contributed by atoms with E-state index in [0.717, 1.165) is 17.4 Å². The number of esters is 1. The summed E-state index contributed by atoms with van der Waals surface area (Å²) in [5.74, 6) is -0.159. The van der Waals surface area contributed by atoms with Crippen LogP contribution in [0, 0.1) is 0 Å². The SMILES string of the molecule is CCOC(=O)CN1CCCN(C(=O)c2cccc(Br)c2)CC1. The van der Waals surface area contributed by atoms with Crippen LogP contribution in [0.15, 0.2) is 28.7 Å². The summed E-state index contributed by atoms with van der Waals surface area (Å²) < 4.78 is 5.88. The first-order valence-corrected chi connectivity index (χ1v) is 8.32. The van der Waals surface area contributed by atoms with Gasteiger partial charge in [-0.1, -0.05) is 22.0 Å². The molecule has 0 spiro atoms. The van der Waals surface area contributed by atoms with Gasteiger partial charge in [0.25, 0.3) is 5.91 Å². The third kappa shape index (κ3) is 4.81. The van der Waals surface area contributed by atoms with Crippen molar-refractivity contribution in [2.45, 2.75) is 13.3 Å². The van der Waals surface area contributed by atoms with Gasteiger partial charge >= 0.3 is 5.97 Å². The Labute approximate surface area is 139 Å². The van der Waals surface area contributed by atoms with E-state index in [-0.39, 0.29) is 11.9 Å². The van der Waals surface area contributed by atoms with Gasteiger partial charge < -0.3 is 9.64 Å². The molecule has 1 heterocycles. The van der Waals surface area contributed by atoms with Crippen molar-refractivity contribution in [2.75, 3.05) is 39.3 Å². The van der Waals surface area contributed by atoms with Crippen molar-refractivity contribution in [1.82, 2.24) is 9.80 Å². The quantitative estimate of drug-likeness (QED) is 0.764. The molecule has 0 unspecified atom stereocenters. The Morgan fingerprint density at radius 2 is 2.05 bits per heavy atom. The van der Waals surface area contributed by atoms with Crippen LogP contribution in [0.3, 0.4) is 0 Å². The molecule has 0 bridgehead atoms. The maximum Gasteiger partial charge on any atom is 0.320 e. The number of carbonyl (C=O) groups excluding carboxylic acids is 2. The molecule has 0 atom stereocenters. The average Bonchev–Trinajstić information content (AvgIpc) is 2.72. The van der Waals surface area contributed by atoms with E-state index in [4.69, 9.17) is 4.74 Å². The lowest BCUT2D eigenvalue weighted by atomic mass is 10.2. The molecule has 0 N–H and O–H groups in total. The number of hydrogen-bond acceptors (Lipinski definition) is 4. The van der Waals surface area contributed by atoms with Crippen LogP contribution in [0.1, 0.15) is 23.7 Å². The largest absolute Gasteiger partial charge is 0.465 e. The molecule has 5 nitrogen and oxygen atoms in total. The summed E-state index contributed by atoms with van der Waals surface area (Å²) in [6.45, 7) is 5.35. The molecule has 1 fully saturated rings. The van der Waals surface area contributed by atoms with Crippen LogP contribution in [-0.4, -0.2) is 61.0 Å². The number of rotatable bonds is 4. The highest BCUT2D eigenvalue weighted by atomic mass is 79.9. The average molecular weight is 369 g/mol. The Morgan fingerprint density at radius 3 is 2.77 bits per heavy atom. The summed E-state index contributed by atoms with van der Waals surface area (Å²) >= 11 is 3.39. The first kappa shape index (κ1) is 17.0. The minimum atomic E-state index is -0.200. The number of benzene rings is 1. The third-order valence-corrected chi connectivity index (χ3v) is 4.10. The van der Waals surface area contributed by atoms with E-state index in [1.54, 1.807) is 6.92 Å². The monoisotopic (exact) mass is 368 g/mol. The van der Waals surface area contributed by atoms with Crippen molar-refractivity contribution in [3.63, 3.8) is 0 Å². The Kier molecular flexibility index (Phi) is 6.39. The number of amides is 1. The predicted octanol–water partition coefficient (Wildman–Crippen LogP) is 2.16. The van der Waals surface area contributed by atoms with E-state index in [2.05, 4.69) is 15.9 Å². The molecule has 120 valence electrons. The summed E-state index contributed by atoms with van der Waals surface area (Å²) in [7, 11) is 0. The smallest absolute Gasteiger partial charge is 0.320 e. The van der Waals surface area contributed by atoms with E-state index < -0.39 is 0 Å². The van der Waals surface area contributed by atoms with Gasteiger partial charge in [-0.3, -0.25) is 14.5 Å². The van der Waals surface area contributed by atoms with Gasteiger partial charge in [0.15, 0.2) is 0 Å². The van der Waals surface area contributed by atoms with Gasteiger partial charge in [-0.2, -0.15) is 0 Å². The maximum absolute atomic E-state index is 12.5. The lowest BCUT2D eigenvalue weighted by Gasteiger charge is -2.21. The fraction of sp³-hybridized carbons (Fsp3) is 0.500. The van der Waals surface area contributed by atoms with Crippen LogP contribution in [0.5, 0.6) is 0 Å². The molecule has 22 heavy (non-hydrogen) atoms. The van der Waals surface area contributed by atoms with E-state index in [1.807, 2.05) is 34.1 Å². The molecule has 1 amide bonds. The molecular formula is C16H21BrN2O3. The molecule has 1 aromatic carbocycles. The van der Waals surface area contributed by atoms with Crippen LogP contribution in [0.25, 0.3) is 0 Å². The molecule has 2 rings (SSSR count). The van der Waals surface area contributed by atoms with E-state index in [1.165, 1.54) is 0 Å². The van der Waals surface area contributed by atoms with Gasteiger partial charge in [0, 0.05) is 36.2 Å². The van der Waals surface area contributed by atoms with Crippen molar-refractivity contribution < 1.29 is 14.3 Å². The highest BCUT2D eigenvalue weighted by molar-refractivity contribution is 9.10. The van der Waals surface area contributed by atoms with Crippen LogP contribution >= 0.6 is 15.9 Å². The standard InChI is InChI=1S/C16H21BrN2O3/c1-2-22-15(20)12-18-7-4-8-19(10-9-18)16(21)13-5-3-6-14(17)11-13/h3,5-6,11H,2,4,7-10,12H2,1H3. The number of nitrogens with zero attached hydrogens (tertiary/aromatic N) is 2. The summed E-state index contributed by atoms with van der Waals surface area (Å²) in [6.07, 6.45) is 0.860. The minimum Gasteiger partial charge on any atom is -0.465 e. The first-order chi connectivity index (χ1) is 10.6. The molecule has 6 heteroatoms. The van der Waals surface area contributed by atoms with Crippen molar-refractivity contribution in [1.29, 1.82) is 0 Å². The second-order valence-corrected chi connectivity index (χ2v) is 6.15. The predicted molar refractivity (Wildman–Crippen MR) is 87.7 cm³/mol. The molecular weight excluding hydrogens is 348 g/mol. The Morgan fingerprint density at radius 1 is 1.23 bits per heavy atom. The fourth-order valence-electron chi connectivity index (χ4n) is 2.53. The van der Waals surface area contributed by atoms with Crippen molar-refractivity contribution in [3.8, 4) is 0 Å².